The van der Waals surface area contributed by atoms with E-state index in [-0.39, 0.29) is 5.92 Å². The zero-order valence-corrected chi connectivity index (χ0v) is 9.52. The van der Waals surface area contributed by atoms with Gasteiger partial charge in [-0.25, -0.2) is 0 Å². The highest BCUT2D eigenvalue weighted by Gasteiger charge is 2.06. The van der Waals surface area contributed by atoms with Gasteiger partial charge in [-0.1, -0.05) is 25.5 Å². The first-order valence-electron chi connectivity index (χ1n) is 5.63. The Balaban J connectivity index is 3.28. The van der Waals surface area contributed by atoms with Crippen molar-refractivity contribution in [3.63, 3.8) is 0 Å². The fourth-order valence-electron chi connectivity index (χ4n) is 1.22. The molecule has 2 nitrogen and oxygen atoms in total. The average Bonchev–Trinajstić information content (AvgIpc) is 2.21. The summed E-state index contributed by atoms with van der Waals surface area (Å²) >= 11 is 0. The molecule has 15 heavy (non-hydrogen) atoms. The van der Waals surface area contributed by atoms with Crippen LogP contribution in [0.1, 0.15) is 45.4 Å². The summed E-state index contributed by atoms with van der Waals surface area (Å²) in [4.78, 5) is 0. The first-order valence-corrected chi connectivity index (χ1v) is 5.63. The first-order chi connectivity index (χ1) is 7.18. The van der Waals surface area contributed by atoms with Crippen LogP contribution in [0.4, 0.5) is 0 Å². The molecule has 0 spiro atoms. The van der Waals surface area contributed by atoms with Crippen molar-refractivity contribution in [1.82, 2.24) is 0 Å². The Labute approximate surface area is 93.0 Å². The van der Waals surface area contributed by atoms with Gasteiger partial charge in [0.25, 0.3) is 0 Å². The molecule has 2 N–H and O–H groups in total. The van der Waals surface area contributed by atoms with Crippen molar-refractivity contribution in [2.45, 2.75) is 51.7 Å². The molecule has 1 unspecified atom stereocenters. The smallest absolute Gasteiger partial charge is 0.154 e. The van der Waals surface area contributed by atoms with Crippen LogP contribution in [0, 0.1) is 18.3 Å². The van der Waals surface area contributed by atoms with Crippen molar-refractivity contribution in [2.24, 2.45) is 5.92 Å². The highest BCUT2D eigenvalue weighted by Crippen LogP contribution is 2.08. The second-order valence-corrected chi connectivity index (χ2v) is 3.90. The zero-order chi connectivity index (χ0) is 11.5. The van der Waals surface area contributed by atoms with Crippen molar-refractivity contribution < 1.29 is 10.2 Å². The van der Waals surface area contributed by atoms with E-state index in [1.54, 1.807) is 0 Å². The van der Waals surface area contributed by atoms with Crippen LogP contribution in [-0.2, 0) is 0 Å². The molecule has 0 fully saturated rings. The molecule has 0 aliphatic heterocycles. The van der Waals surface area contributed by atoms with Gasteiger partial charge in [0.05, 0.1) is 0 Å². The van der Waals surface area contributed by atoms with Crippen LogP contribution in [0.2, 0.25) is 0 Å². The van der Waals surface area contributed by atoms with Gasteiger partial charge in [-0.05, 0) is 25.7 Å². The second kappa shape index (κ2) is 9.76. The normalized spacial score (nSPS) is 13.3. The standard InChI is InChI=1S/C13H22O2/c1-3-4-5-6-7-8-9-10-11-12(2)13(14)15/h1,9-10,12-15H,4-8,11H2,2H3/b10-9+. The van der Waals surface area contributed by atoms with Gasteiger partial charge in [-0.3, -0.25) is 0 Å². The van der Waals surface area contributed by atoms with Crippen molar-refractivity contribution in [3.8, 4) is 12.3 Å². The molecule has 0 saturated carbocycles. The molecule has 1 atom stereocenters. The fraction of sp³-hybridized carbons (Fsp3) is 0.692. The van der Waals surface area contributed by atoms with Gasteiger partial charge >= 0.3 is 0 Å². The number of aliphatic hydroxyl groups excluding tert-OH is 1. The van der Waals surface area contributed by atoms with Gasteiger partial charge in [0.2, 0.25) is 0 Å². The van der Waals surface area contributed by atoms with Crippen LogP contribution in [-0.4, -0.2) is 16.5 Å². The van der Waals surface area contributed by atoms with E-state index < -0.39 is 6.29 Å². The molecule has 0 rings (SSSR count). The Hall–Kier alpha value is -0.780. The monoisotopic (exact) mass is 210 g/mol. The lowest BCUT2D eigenvalue weighted by atomic mass is 10.1. The third-order valence-electron chi connectivity index (χ3n) is 2.38. The second-order valence-electron chi connectivity index (χ2n) is 3.90. The molecule has 86 valence electrons. The molecule has 0 saturated heterocycles. The summed E-state index contributed by atoms with van der Waals surface area (Å²) in [6, 6.07) is 0. The third-order valence-corrected chi connectivity index (χ3v) is 2.38. The van der Waals surface area contributed by atoms with E-state index in [4.69, 9.17) is 16.6 Å². The minimum atomic E-state index is -1.20. The Bertz CT molecular complexity index is 201. The number of hydrogen-bond acceptors (Lipinski definition) is 2. The first kappa shape index (κ1) is 14.2. The minimum absolute atomic E-state index is 0.0808. The molecular weight excluding hydrogens is 188 g/mol. The quantitative estimate of drug-likeness (QED) is 0.280. The van der Waals surface area contributed by atoms with E-state index in [9.17, 15) is 0 Å². The van der Waals surface area contributed by atoms with Gasteiger partial charge in [0, 0.05) is 12.3 Å². The Morgan fingerprint density at radius 2 is 1.93 bits per heavy atom. The van der Waals surface area contributed by atoms with Gasteiger partial charge in [-0.15, -0.1) is 12.3 Å². The Morgan fingerprint density at radius 1 is 1.20 bits per heavy atom. The Morgan fingerprint density at radius 3 is 2.53 bits per heavy atom. The summed E-state index contributed by atoms with van der Waals surface area (Å²) in [5, 5.41) is 17.6. The number of allylic oxidation sites excluding steroid dienone is 2. The lowest BCUT2D eigenvalue weighted by Crippen LogP contribution is -2.15. The van der Waals surface area contributed by atoms with Crippen molar-refractivity contribution >= 4 is 0 Å². The average molecular weight is 210 g/mol. The highest BCUT2D eigenvalue weighted by molar-refractivity contribution is 4.85. The van der Waals surface area contributed by atoms with E-state index in [1.165, 1.54) is 6.42 Å². The van der Waals surface area contributed by atoms with Crippen LogP contribution in [0.25, 0.3) is 0 Å². The van der Waals surface area contributed by atoms with Crippen LogP contribution in [0.15, 0.2) is 12.2 Å². The molecule has 0 aromatic heterocycles. The van der Waals surface area contributed by atoms with E-state index in [0.29, 0.717) is 0 Å². The summed E-state index contributed by atoms with van der Waals surface area (Å²) in [6.45, 7) is 1.82. The largest absolute Gasteiger partial charge is 0.368 e. The van der Waals surface area contributed by atoms with Gasteiger partial charge < -0.3 is 10.2 Å². The third kappa shape index (κ3) is 9.52. The van der Waals surface area contributed by atoms with Crippen LogP contribution < -0.4 is 0 Å². The maximum atomic E-state index is 8.82. The molecular formula is C13H22O2. The van der Waals surface area contributed by atoms with Crippen molar-refractivity contribution in [3.05, 3.63) is 12.2 Å². The predicted molar refractivity (Wildman–Crippen MR) is 63.1 cm³/mol. The molecule has 0 aliphatic carbocycles. The molecule has 0 aromatic rings. The maximum Gasteiger partial charge on any atom is 0.154 e. The number of terminal acetylenes is 1. The van der Waals surface area contributed by atoms with Crippen molar-refractivity contribution in [1.29, 1.82) is 0 Å². The number of aliphatic hydroxyl groups is 2. The molecule has 0 amide bonds. The molecule has 0 aromatic carbocycles. The van der Waals surface area contributed by atoms with Gasteiger partial charge in [-0.2, -0.15) is 0 Å². The van der Waals surface area contributed by atoms with E-state index in [2.05, 4.69) is 12.0 Å². The number of rotatable bonds is 8. The van der Waals surface area contributed by atoms with Gasteiger partial charge in [0.15, 0.2) is 6.29 Å². The van der Waals surface area contributed by atoms with Crippen LogP contribution >= 0.6 is 0 Å². The fourth-order valence-corrected chi connectivity index (χ4v) is 1.22. The lowest BCUT2D eigenvalue weighted by molar-refractivity contribution is -0.0773. The topological polar surface area (TPSA) is 40.5 Å². The molecule has 0 bridgehead atoms. The lowest BCUT2D eigenvalue weighted by Gasteiger charge is -2.09. The van der Waals surface area contributed by atoms with E-state index >= 15 is 0 Å². The summed E-state index contributed by atoms with van der Waals surface area (Å²) in [5.74, 6) is 2.54. The van der Waals surface area contributed by atoms with E-state index in [0.717, 1.165) is 32.1 Å². The summed E-state index contributed by atoms with van der Waals surface area (Å²) < 4.78 is 0. The number of hydrogen-bond donors (Lipinski definition) is 2. The van der Waals surface area contributed by atoms with Crippen LogP contribution in [0.3, 0.4) is 0 Å². The zero-order valence-electron chi connectivity index (χ0n) is 9.52. The minimum Gasteiger partial charge on any atom is -0.368 e. The highest BCUT2D eigenvalue weighted by atomic mass is 16.5. The summed E-state index contributed by atoms with van der Waals surface area (Å²) in [6.07, 6.45) is 14.2. The summed E-state index contributed by atoms with van der Waals surface area (Å²) in [7, 11) is 0. The van der Waals surface area contributed by atoms with E-state index in [1.807, 2.05) is 13.0 Å². The number of unbranched alkanes of at least 4 members (excludes halogenated alkanes) is 4. The molecule has 2 heteroatoms. The summed E-state index contributed by atoms with van der Waals surface area (Å²) in [5.41, 5.74) is 0. The maximum absolute atomic E-state index is 8.82. The predicted octanol–water partition coefficient (Wildman–Crippen LogP) is 2.46. The van der Waals surface area contributed by atoms with Gasteiger partial charge in [0.1, 0.15) is 0 Å². The Kier molecular flexibility index (Phi) is 9.26. The molecule has 0 radical (unpaired) electrons. The SMILES string of the molecule is C#CCCCCC/C=C/CC(C)C(O)O. The van der Waals surface area contributed by atoms with Crippen LogP contribution in [0.5, 0.6) is 0 Å². The van der Waals surface area contributed by atoms with Crippen molar-refractivity contribution in [2.75, 3.05) is 0 Å². The molecule has 0 aliphatic rings. The molecule has 0 heterocycles.